The van der Waals surface area contributed by atoms with Gasteiger partial charge in [-0.1, -0.05) is 0 Å². The van der Waals surface area contributed by atoms with Gasteiger partial charge < -0.3 is 24.7 Å². The van der Waals surface area contributed by atoms with Gasteiger partial charge in [0, 0.05) is 7.11 Å². The van der Waals surface area contributed by atoms with Gasteiger partial charge in [-0.2, -0.15) is 0 Å². The van der Waals surface area contributed by atoms with Crippen molar-refractivity contribution in [1.82, 2.24) is 0 Å². The van der Waals surface area contributed by atoms with Crippen molar-refractivity contribution in [1.29, 1.82) is 0 Å². The lowest BCUT2D eigenvalue weighted by atomic mass is 10.3. The first-order valence-electron chi connectivity index (χ1n) is 5.79. The number of nitrogens with two attached hydrogens (primary N) is 1. The molecule has 0 aromatic heterocycles. The van der Waals surface area contributed by atoms with Crippen molar-refractivity contribution < 1.29 is 23.7 Å². The second kappa shape index (κ2) is 7.60. The topological polar surface area (TPSA) is 80.0 Å². The van der Waals surface area contributed by atoms with Gasteiger partial charge in [0.25, 0.3) is 0 Å². The van der Waals surface area contributed by atoms with E-state index in [1.807, 2.05) is 0 Å². The summed E-state index contributed by atoms with van der Waals surface area (Å²) in [7, 11) is 1.62. The van der Waals surface area contributed by atoms with Gasteiger partial charge in [0.15, 0.2) is 0 Å². The fraction of sp³-hybridized carbons (Fsp3) is 0.909. The zero-order valence-corrected chi connectivity index (χ0v) is 10.3. The Balaban J connectivity index is 1.80. The van der Waals surface area contributed by atoms with Crippen LogP contribution in [-0.4, -0.2) is 58.3 Å². The van der Waals surface area contributed by atoms with E-state index in [4.69, 9.17) is 24.7 Å². The highest BCUT2D eigenvalue weighted by molar-refractivity contribution is 5.83. The Morgan fingerprint density at radius 1 is 1.06 bits per heavy atom. The van der Waals surface area contributed by atoms with Crippen LogP contribution in [0.2, 0.25) is 0 Å². The molecular weight excluding hydrogens is 226 g/mol. The van der Waals surface area contributed by atoms with Crippen LogP contribution < -0.4 is 5.73 Å². The van der Waals surface area contributed by atoms with Crippen LogP contribution >= 0.6 is 0 Å². The molecule has 100 valence electrons. The first-order valence-corrected chi connectivity index (χ1v) is 5.79. The minimum atomic E-state index is -0.705. The Labute approximate surface area is 101 Å². The third-order valence-electron chi connectivity index (χ3n) is 2.46. The summed E-state index contributed by atoms with van der Waals surface area (Å²) in [5.74, 6) is -0.322. The predicted octanol–water partition coefficient (Wildman–Crippen LogP) is -0.299. The molecule has 0 aliphatic heterocycles. The van der Waals surface area contributed by atoms with Gasteiger partial charge in [0.05, 0.1) is 33.0 Å². The Morgan fingerprint density at radius 3 is 2.12 bits per heavy atom. The van der Waals surface area contributed by atoms with Crippen LogP contribution in [0, 0.1) is 0 Å². The van der Waals surface area contributed by atoms with Crippen molar-refractivity contribution >= 4 is 5.97 Å². The fourth-order valence-corrected chi connectivity index (χ4v) is 1.14. The maximum atomic E-state index is 11.3. The van der Waals surface area contributed by atoms with Crippen LogP contribution in [0.4, 0.5) is 0 Å². The highest BCUT2D eigenvalue weighted by atomic mass is 16.6. The molecule has 0 spiro atoms. The minimum Gasteiger partial charge on any atom is -0.462 e. The summed E-state index contributed by atoms with van der Waals surface area (Å²) in [5, 5.41) is 0. The largest absolute Gasteiger partial charge is 0.462 e. The summed E-state index contributed by atoms with van der Waals surface area (Å²) in [6.45, 7) is 2.75. The molecule has 0 amide bonds. The van der Waals surface area contributed by atoms with E-state index >= 15 is 0 Å². The molecule has 17 heavy (non-hydrogen) atoms. The lowest BCUT2D eigenvalue weighted by molar-refractivity contribution is -0.148. The van der Waals surface area contributed by atoms with E-state index in [9.17, 15) is 4.79 Å². The van der Waals surface area contributed by atoms with E-state index in [0.717, 1.165) is 12.8 Å². The molecule has 1 fully saturated rings. The second-order valence-corrected chi connectivity index (χ2v) is 4.01. The summed E-state index contributed by atoms with van der Waals surface area (Å²) in [4.78, 5) is 11.3. The number of methoxy groups -OCH3 is 1. The highest BCUT2D eigenvalue weighted by Gasteiger charge is 2.47. The number of hydrogen-bond acceptors (Lipinski definition) is 6. The molecule has 0 atom stereocenters. The summed E-state index contributed by atoms with van der Waals surface area (Å²) >= 11 is 0. The Morgan fingerprint density at radius 2 is 1.59 bits per heavy atom. The quantitative estimate of drug-likeness (QED) is 0.422. The molecule has 0 aromatic carbocycles. The first-order chi connectivity index (χ1) is 8.19. The monoisotopic (exact) mass is 247 g/mol. The average Bonchev–Trinajstić information content (AvgIpc) is 3.06. The van der Waals surface area contributed by atoms with Crippen LogP contribution in [0.5, 0.6) is 0 Å². The molecule has 1 aliphatic rings. The second-order valence-electron chi connectivity index (χ2n) is 4.01. The molecule has 1 saturated carbocycles. The van der Waals surface area contributed by atoms with Crippen LogP contribution in [0.3, 0.4) is 0 Å². The number of carbonyl (C=O) groups is 1. The zero-order chi connectivity index (χ0) is 12.6. The maximum absolute atomic E-state index is 11.3. The third-order valence-corrected chi connectivity index (χ3v) is 2.46. The van der Waals surface area contributed by atoms with Gasteiger partial charge in [0.1, 0.15) is 12.1 Å². The zero-order valence-electron chi connectivity index (χ0n) is 10.3. The molecule has 0 bridgehead atoms. The van der Waals surface area contributed by atoms with E-state index in [1.165, 1.54) is 0 Å². The van der Waals surface area contributed by atoms with Gasteiger partial charge in [-0.3, -0.25) is 4.79 Å². The van der Waals surface area contributed by atoms with Gasteiger partial charge in [-0.05, 0) is 12.8 Å². The summed E-state index contributed by atoms with van der Waals surface area (Å²) in [6.07, 6.45) is 1.44. The molecule has 0 aromatic rings. The lowest BCUT2D eigenvalue weighted by Crippen LogP contribution is -2.35. The van der Waals surface area contributed by atoms with E-state index in [-0.39, 0.29) is 12.6 Å². The molecule has 1 aliphatic carbocycles. The van der Waals surface area contributed by atoms with Gasteiger partial charge in [-0.25, -0.2) is 0 Å². The fourth-order valence-electron chi connectivity index (χ4n) is 1.14. The molecule has 0 saturated heterocycles. The summed E-state index contributed by atoms with van der Waals surface area (Å²) in [5.41, 5.74) is 4.95. The highest BCUT2D eigenvalue weighted by Crippen LogP contribution is 2.33. The summed E-state index contributed by atoms with van der Waals surface area (Å²) in [6, 6.07) is 0. The number of esters is 1. The molecule has 0 heterocycles. The lowest BCUT2D eigenvalue weighted by Gasteiger charge is -2.09. The summed E-state index contributed by atoms with van der Waals surface area (Å²) < 4.78 is 20.2. The number of carbonyl (C=O) groups excluding carboxylic acids is 1. The molecule has 0 unspecified atom stereocenters. The van der Waals surface area contributed by atoms with Crippen LogP contribution in [0.1, 0.15) is 12.8 Å². The van der Waals surface area contributed by atoms with Crippen LogP contribution in [0.25, 0.3) is 0 Å². The molecule has 6 nitrogen and oxygen atoms in total. The Bertz CT molecular complexity index is 230. The first kappa shape index (κ1) is 14.4. The number of hydrogen-bond donors (Lipinski definition) is 1. The SMILES string of the molecule is COCCOCCOCCOC(=O)C1(N)CC1. The smallest absolute Gasteiger partial charge is 0.326 e. The number of ether oxygens (including phenoxy) is 4. The minimum absolute atomic E-state index is 0.246. The maximum Gasteiger partial charge on any atom is 0.326 e. The van der Waals surface area contributed by atoms with Gasteiger partial charge in [-0.15, -0.1) is 0 Å². The van der Waals surface area contributed by atoms with Gasteiger partial charge >= 0.3 is 5.97 Å². The Kier molecular flexibility index (Phi) is 6.43. The van der Waals surface area contributed by atoms with E-state index in [0.29, 0.717) is 33.0 Å². The van der Waals surface area contributed by atoms with Crippen molar-refractivity contribution in [2.24, 2.45) is 5.73 Å². The van der Waals surface area contributed by atoms with Crippen molar-refractivity contribution in [3.05, 3.63) is 0 Å². The Hall–Kier alpha value is -0.690. The molecule has 6 heteroatoms. The van der Waals surface area contributed by atoms with E-state index < -0.39 is 5.54 Å². The standard InChI is InChI=1S/C11H21NO5/c1-14-4-5-15-6-7-16-8-9-17-10(13)11(12)2-3-11/h2-9,12H2,1H3. The third kappa shape index (κ3) is 5.97. The predicted molar refractivity (Wildman–Crippen MR) is 60.6 cm³/mol. The van der Waals surface area contributed by atoms with Crippen LogP contribution in [-0.2, 0) is 23.7 Å². The van der Waals surface area contributed by atoms with Crippen molar-refractivity contribution in [3.8, 4) is 0 Å². The van der Waals surface area contributed by atoms with Gasteiger partial charge in [0.2, 0.25) is 0 Å². The molecule has 0 radical (unpaired) electrons. The van der Waals surface area contributed by atoms with E-state index in [1.54, 1.807) is 7.11 Å². The normalized spacial score (nSPS) is 16.8. The molecule has 2 N–H and O–H groups in total. The van der Waals surface area contributed by atoms with Crippen LogP contribution in [0.15, 0.2) is 0 Å². The van der Waals surface area contributed by atoms with Crippen molar-refractivity contribution in [2.45, 2.75) is 18.4 Å². The molecular formula is C11H21NO5. The average molecular weight is 247 g/mol. The van der Waals surface area contributed by atoms with Crippen molar-refractivity contribution in [2.75, 3.05) is 46.8 Å². The molecule has 1 rings (SSSR count). The van der Waals surface area contributed by atoms with E-state index in [2.05, 4.69) is 0 Å². The number of rotatable bonds is 10. The van der Waals surface area contributed by atoms with Crippen molar-refractivity contribution in [3.63, 3.8) is 0 Å².